The molecule has 3 aromatic rings. The van der Waals surface area contributed by atoms with E-state index in [0.29, 0.717) is 104 Å². The lowest BCUT2D eigenvalue weighted by molar-refractivity contribution is -0.118. The quantitative estimate of drug-likeness (QED) is 0.0504. The second-order valence-electron chi connectivity index (χ2n) is 12.6. The number of nitrogens with zero attached hydrogens (tertiary/aromatic N) is 5. The summed E-state index contributed by atoms with van der Waals surface area (Å²) in [5.41, 5.74) is 11.8. The summed E-state index contributed by atoms with van der Waals surface area (Å²) in [5.74, 6) is 6.31. The van der Waals surface area contributed by atoms with Crippen molar-refractivity contribution in [3.63, 3.8) is 0 Å². The molecule has 15 heteroatoms. The Hall–Kier alpha value is -4.38. The summed E-state index contributed by atoms with van der Waals surface area (Å²) in [5, 5.41) is 13.2. The topological polar surface area (TPSA) is 182 Å². The van der Waals surface area contributed by atoms with Crippen molar-refractivity contribution in [2.75, 3.05) is 84.1 Å². The van der Waals surface area contributed by atoms with E-state index >= 15 is 0 Å². The number of hydrogen-bond donors (Lipinski definition) is 3. The maximum atomic E-state index is 13.3. The van der Waals surface area contributed by atoms with Gasteiger partial charge in [-0.1, -0.05) is 61.5 Å². The van der Waals surface area contributed by atoms with Crippen molar-refractivity contribution in [1.82, 2.24) is 25.3 Å². The molecule has 4 rings (SSSR count). The number of fused-ring (bicyclic) bond motifs is 5. The number of allylic oxidation sites excluding steroid dienone is 1. The Morgan fingerprint density at radius 3 is 2.13 bits per heavy atom. The molecule has 0 atom stereocenters. The molecule has 15 nitrogen and oxygen atoms in total. The number of rotatable bonds is 25. The molecule has 0 saturated carbocycles. The Labute approximate surface area is 306 Å². The van der Waals surface area contributed by atoms with Crippen LogP contribution in [0.15, 0.2) is 60.4 Å². The van der Waals surface area contributed by atoms with Gasteiger partial charge >= 0.3 is 0 Å². The van der Waals surface area contributed by atoms with Crippen LogP contribution in [0.4, 0.5) is 5.69 Å². The summed E-state index contributed by atoms with van der Waals surface area (Å²) in [6.07, 6.45) is 3.34. The Morgan fingerprint density at radius 2 is 1.48 bits per heavy atom. The van der Waals surface area contributed by atoms with Crippen molar-refractivity contribution in [2.45, 2.75) is 39.8 Å². The summed E-state index contributed by atoms with van der Waals surface area (Å²) in [7, 11) is 0. The van der Waals surface area contributed by atoms with E-state index in [0.717, 1.165) is 40.2 Å². The van der Waals surface area contributed by atoms with E-state index in [1.54, 1.807) is 16.1 Å². The van der Waals surface area contributed by atoms with Gasteiger partial charge in [-0.15, -0.1) is 5.10 Å². The number of aromatic nitrogens is 3. The molecule has 0 aliphatic carbocycles. The van der Waals surface area contributed by atoms with Crippen molar-refractivity contribution in [3.05, 3.63) is 66.0 Å². The van der Waals surface area contributed by atoms with Gasteiger partial charge in [0.15, 0.2) is 0 Å². The van der Waals surface area contributed by atoms with Crippen LogP contribution in [0, 0.1) is 5.92 Å². The molecule has 5 N–H and O–H groups in total. The third kappa shape index (κ3) is 13.0. The fourth-order valence-electron chi connectivity index (χ4n) is 5.67. The highest BCUT2D eigenvalue weighted by molar-refractivity contribution is 6.00. The van der Waals surface area contributed by atoms with Crippen molar-refractivity contribution in [1.29, 1.82) is 0 Å². The van der Waals surface area contributed by atoms with Gasteiger partial charge in [-0.25, -0.2) is 10.5 Å². The first kappa shape index (κ1) is 40.4. The van der Waals surface area contributed by atoms with Crippen molar-refractivity contribution < 1.29 is 33.3 Å². The second-order valence-corrected chi connectivity index (χ2v) is 12.6. The smallest absolute Gasteiger partial charge is 0.229 e. The number of amides is 2. The highest BCUT2D eigenvalue weighted by atomic mass is 16.6. The summed E-state index contributed by atoms with van der Waals surface area (Å²) in [6.45, 7) is 10.5. The van der Waals surface area contributed by atoms with Crippen LogP contribution in [-0.4, -0.2) is 111 Å². The number of carbonyl (C=O) groups is 2. The monoisotopic (exact) mass is 722 g/mol. The van der Waals surface area contributed by atoms with Gasteiger partial charge in [0, 0.05) is 36.0 Å². The molecule has 0 fully saturated rings. The minimum Gasteiger partial charge on any atom is -0.401 e. The molecule has 1 aromatic heterocycles. The number of hydrazine groups is 1. The van der Waals surface area contributed by atoms with Crippen LogP contribution in [-0.2, 0) is 46.4 Å². The van der Waals surface area contributed by atoms with E-state index in [9.17, 15) is 9.59 Å². The lowest BCUT2D eigenvalue weighted by Crippen LogP contribution is -2.33. The van der Waals surface area contributed by atoms with Crippen LogP contribution >= 0.6 is 0 Å². The molecule has 2 aromatic carbocycles. The Morgan fingerprint density at radius 1 is 0.885 bits per heavy atom. The maximum absolute atomic E-state index is 13.3. The molecular formula is C37H54N8O7. The second kappa shape index (κ2) is 22.5. The van der Waals surface area contributed by atoms with Crippen LogP contribution in [0.1, 0.15) is 32.3 Å². The molecule has 0 radical (unpaired) electrons. The predicted octanol–water partition coefficient (Wildman–Crippen LogP) is 2.70. The van der Waals surface area contributed by atoms with Gasteiger partial charge in [0.05, 0.1) is 97.1 Å². The molecule has 52 heavy (non-hydrogen) atoms. The summed E-state index contributed by atoms with van der Waals surface area (Å²) in [4.78, 5) is 25.8. The number of benzene rings is 2. The number of carbonyl (C=O) groups excluding carboxylic acids is 2. The van der Waals surface area contributed by atoms with Gasteiger partial charge in [0.2, 0.25) is 12.3 Å². The maximum Gasteiger partial charge on any atom is 0.229 e. The number of ether oxygens (including phenoxy) is 5. The van der Waals surface area contributed by atoms with Crippen LogP contribution < -0.4 is 21.8 Å². The molecular weight excluding hydrogens is 668 g/mol. The lowest BCUT2D eigenvalue weighted by Gasteiger charge is -2.28. The molecule has 1 aliphatic heterocycles. The Balaban J connectivity index is 1.11. The number of para-hydroxylation sites is 1. The Kier molecular flexibility index (Phi) is 17.5. The average molecular weight is 723 g/mol. The zero-order valence-corrected chi connectivity index (χ0v) is 30.4. The van der Waals surface area contributed by atoms with E-state index in [1.165, 1.54) is 0 Å². The van der Waals surface area contributed by atoms with E-state index in [2.05, 4.69) is 29.5 Å². The first-order valence-electron chi connectivity index (χ1n) is 17.8. The summed E-state index contributed by atoms with van der Waals surface area (Å²) >= 11 is 0. The predicted molar refractivity (Wildman–Crippen MR) is 197 cm³/mol. The standard InChI is InChI=1S/C37H54N8O7/c1-29(2)25-31(38)27-43(39)13-15-48-17-19-50-21-23-52-24-22-51-20-18-49-16-14-45-37-32-8-4-3-7-30(32)26-44(35(47)11-12-40-28-46)34-10-6-5-9-33(34)36(37)41-42-45/h3-10,27-29H,11-26,38-39H2,1-2H3,(H,40,46)/b31-27-. The minimum absolute atomic E-state index is 0.0928. The van der Waals surface area contributed by atoms with Gasteiger partial charge in [-0.3, -0.25) is 9.59 Å². The van der Waals surface area contributed by atoms with Gasteiger partial charge in [0.25, 0.3) is 0 Å². The zero-order chi connectivity index (χ0) is 37.0. The summed E-state index contributed by atoms with van der Waals surface area (Å²) < 4.78 is 30.0. The number of anilines is 1. The van der Waals surface area contributed by atoms with Crippen LogP contribution in [0.25, 0.3) is 22.5 Å². The lowest BCUT2D eigenvalue weighted by atomic mass is 9.95. The summed E-state index contributed by atoms with van der Waals surface area (Å²) in [6, 6.07) is 15.7. The highest BCUT2D eigenvalue weighted by Gasteiger charge is 2.28. The van der Waals surface area contributed by atoms with Crippen LogP contribution in [0.3, 0.4) is 0 Å². The van der Waals surface area contributed by atoms with Gasteiger partial charge < -0.3 is 44.6 Å². The molecule has 0 saturated heterocycles. The van der Waals surface area contributed by atoms with Crippen LogP contribution in [0.2, 0.25) is 0 Å². The third-order valence-corrected chi connectivity index (χ3v) is 8.06. The van der Waals surface area contributed by atoms with Gasteiger partial charge in [-0.2, -0.15) is 0 Å². The first-order chi connectivity index (χ1) is 25.4. The van der Waals surface area contributed by atoms with E-state index < -0.39 is 0 Å². The average Bonchev–Trinajstić information content (AvgIpc) is 3.54. The third-order valence-electron chi connectivity index (χ3n) is 8.06. The van der Waals surface area contributed by atoms with Crippen molar-refractivity contribution in [2.24, 2.45) is 17.5 Å². The van der Waals surface area contributed by atoms with Crippen LogP contribution in [0.5, 0.6) is 0 Å². The Bertz CT molecular complexity index is 1550. The number of nitrogens with two attached hydrogens (primary N) is 2. The van der Waals surface area contributed by atoms with Crippen molar-refractivity contribution in [3.8, 4) is 22.5 Å². The highest BCUT2D eigenvalue weighted by Crippen LogP contribution is 2.41. The van der Waals surface area contributed by atoms with E-state index in [1.807, 2.05) is 53.2 Å². The van der Waals surface area contributed by atoms with E-state index in [-0.39, 0.29) is 18.9 Å². The molecule has 284 valence electrons. The number of nitrogens with one attached hydrogen (secondary N) is 1. The van der Waals surface area contributed by atoms with Crippen molar-refractivity contribution >= 4 is 18.0 Å². The molecule has 0 unspecified atom stereocenters. The number of hydrogen-bond acceptors (Lipinski definition) is 12. The normalized spacial score (nSPS) is 12.5. The molecule has 1 aliphatic rings. The molecule has 0 spiro atoms. The minimum atomic E-state index is -0.0928. The molecule has 0 bridgehead atoms. The van der Waals surface area contributed by atoms with Gasteiger partial charge in [-0.05, 0) is 24.0 Å². The zero-order valence-electron chi connectivity index (χ0n) is 30.4. The van der Waals surface area contributed by atoms with Gasteiger partial charge in [0.1, 0.15) is 5.69 Å². The fourth-order valence-corrected chi connectivity index (χ4v) is 5.67. The molecule has 2 heterocycles. The first-order valence-corrected chi connectivity index (χ1v) is 17.8. The fraction of sp³-hybridized carbons (Fsp3) is 0.514. The molecule has 2 amide bonds. The largest absolute Gasteiger partial charge is 0.401 e. The van der Waals surface area contributed by atoms with E-state index in [4.69, 9.17) is 35.3 Å². The SMILES string of the molecule is CC(C)C/C(N)=C/N(N)CCOCCOCCOCCOCCOCCn1nnc2c1-c1ccccc1CN(C(=O)CCNC=O)c1ccccc1-2.